The van der Waals surface area contributed by atoms with E-state index in [1.165, 1.54) is 19.1 Å². The van der Waals surface area contributed by atoms with Crippen molar-refractivity contribution in [3.63, 3.8) is 0 Å². The van der Waals surface area contributed by atoms with Gasteiger partial charge in [-0.1, -0.05) is 25.5 Å². The summed E-state index contributed by atoms with van der Waals surface area (Å²) >= 11 is 0. The van der Waals surface area contributed by atoms with Gasteiger partial charge >= 0.3 is 5.97 Å². The van der Waals surface area contributed by atoms with Crippen LogP contribution >= 0.6 is 0 Å². The Balaban J connectivity index is 1.76. The van der Waals surface area contributed by atoms with Gasteiger partial charge < -0.3 is 14.9 Å². The highest BCUT2D eigenvalue weighted by Gasteiger charge is 2.75. The number of carbonyl (C=O) groups excluding carboxylic acids is 3. The van der Waals surface area contributed by atoms with E-state index in [1.807, 2.05) is 0 Å². The number of fused-ring (bicyclic) bond motifs is 5. The maximum atomic E-state index is 17.0. The number of halogens is 1. The number of aliphatic hydroxyl groups excluding tert-OH is 1. The molecule has 170 valence electrons. The van der Waals surface area contributed by atoms with E-state index in [4.69, 9.17) is 4.74 Å². The fourth-order valence-electron chi connectivity index (χ4n) is 7.42. The summed E-state index contributed by atoms with van der Waals surface area (Å²) < 4.78 is 21.9. The normalized spacial score (nSPS) is 48.4. The number of carbonyl (C=O) groups is 3. The van der Waals surface area contributed by atoms with Crippen LogP contribution in [0.1, 0.15) is 53.4 Å². The third-order valence-electron chi connectivity index (χ3n) is 9.05. The molecule has 3 fully saturated rings. The van der Waals surface area contributed by atoms with Gasteiger partial charge in [0.2, 0.25) is 5.78 Å². The van der Waals surface area contributed by atoms with Crippen LogP contribution in [-0.4, -0.2) is 51.7 Å². The van der Waals surface area contributed by atoms with E-state index >= 15 is 4.39 Å². The average Bonchev–Trinajstić information content (AvgIpc) is 2.89. The van der Waals surface area contributed by atoms with E-state index < -0.39 is 58.4 Å². The first-order chi connectivity index (χ1) is 14.3. The number of ether oxygens (including phenoxy) is 1. The largest absolute Gasteiger partial charge is 0.458 e. The molecular formula is C24H31FO6. The summed E-state index contributed by atoms with van der Waals surface area (Å²) in [7, 11) is 0. The van der Waals surface area contributed by atoms with Gasteiger partial charge in [0.05, 0.1) is 6.10 Å². The number of Topliss-reactive ketones (excluding diaryl/α,β-unsaturated/α-hetero) is 1. The number of hydrogen-bond donors (Lipinski definition) is 2. The van der Waals surface area contributed by atoms with Crippen LogP contribution in [0.2, 0.25) is 0 Å². The zero-order valence-electron chi connectivity index (χ0n) is 18.5. The maximum absolute atomic E-state index is 17.0. The van der Waals surface area contributed by atoms with E-state index in [0.717, 1.165) is 0 Å². The third-order valence-corrected chi connectivity index (χ3v) is 9.05. The molecule has 4 aliphatic carbocycles. The van der Waals surface area contributed by atoms with Gasteiger partial charge in [-0.05, 0) is 56.6 Å². The van der Waals surface area contributed by atoms with Crippen molar-refractivity contribution >= 4 is 17.5 Å². The van der Waals surface area contributed by atoms with Crippen LogP contribution in [0.25, 0.3) is 0 Å². The predicted octanol–water partition coefficient (Wildman–Crippen LogP) is 2.47. The molecule has 4 aliphatic rings. The molecule has 0 heterocycles. The molecule has 3 saturated carbocycles. The summed E-state index contributed by atoms with van der Waals surface area (Å²) in [5.74, 6) is -2.80. The molecule has 7 heteroatoms. The molecule has 0 aromatic carbocycles. The molecule has 6 nitrogen and oxygen atoms in total. The van der Waals surface area contributed by atoms with E-state index in [-0.39, 0.29) is 18.1 Å². The topological polar surface area (TPSA) is 101 Å². The van der Waals surface area contributed by atoms with E-state index in [9.17, 15) is 24.6 Å². The minimum absolute atomic E-state index is 0.0953. The van der Waals surface area contributed by atoms with Crippen LogP contribution < -0.4 is 0 Å². The summed E-state index contributed by atoms with van der Waals surface area (Å²) in [5.41, 5.74) is -5.33. The summed E-state index contributed by atoms with van der Waals surface area (Å²) in [6.07, 6.45) is 4.29. The maximum Gasteiger partial charge on any atom is 0.303 e. The Morgan fingerprint density at radius 1 is 1.29 bits per heavy atom. The van der Waals surface area contributed by atoms with Crippen LogP contribution in [0.5, 0.6) is 0 Å². The third kappa shape index (κ3) is 2.65. The summed E-state index contributed by atoms with van der Waals surface area (Å²) in [4.78, 5) is 36.2. The van der Waals surface area contributed by atoms with Crippen molar-refractivity contribution in [1.29, 1.82) is 0 Å². The monoisotopic (exact) mass is 434 g/mol. The Morgan fingerprint density at radius 3 is 2.61 bits per heavy atom. The molecule has 31 heavy (non-hydrogen) atoms. The van der Waals surface area contributed by atoms with E-state index in [0.29, 0.717) is 24.8 Å². The lowest BCUT2D eigenvalue weighted by molar-refractivity contribution is -0.219. The van der Waals surface area contributed by atoms with Crippen LogP contribution in [-0.2, 0) is 19.1 Å². The number of allylic oxidation sites excluding steroid dienone is 4. The van der Waals surface area contributed by atoms with Gasteiger partial charge in [-0.3, -0.25) is 14.4 Å². The van der Waals surface area contributed by atoms with Crippen molar-refractivity contribution < 1.29 is 33.7 Å². The number of ketones is 2. The van der Waals surface area contributed by atoms with Crippen molar-refractivity contribution in [3.8, 4) is 0 Å². The van der Waals surface area contributed by atoms with E-state index in [1.54, 1.807) is 26.8 Å². The van der Waals surface area contributed by atoms with Crippen molar-refractivity contribution in [3.05, 3.63) is 23.8 Å². The Hall–Kier alpha value is -1.86. The second-order valence-corrected chi connectivity index (χ2v) is 10.4. The molecule has 0 aromatic rings. The lowest BCUT2D eigenvalue weighted by Gasteiger charge is -2.62. The smallest absolute Gasteiger partial charge is 0.303 e. The molecule has 0 saturated heterocycles. The summed E-state index contributed by atoms with van der Waals surface area (Å²) in [6, 6.07) is 0. The van der Waals surface area contributed by atoms with Crippen molar-refractivity contribution in [2.75, 3.05) is 6.61 Å². The molecule has 0 aliphatic heterocycles. The number of hydrogen-bond acceptors (Lipinski definition) is 6. The molecule has 0 unspecified atom stereocenters. The highest BCUT2D eigenvalue weighted by Crippen LogP contribution is 2.70. The molecule has 0 aromatic heterocycles. The molecule has 0 radical (unpaired) electrons. The van der Waals surface area contributed by atoms with Crippen LogP contribution in [0, 0.1) is 28.6 Å². The van der Waals surface area contributed by atoms with Gasteiger partial charge in [0.25, 0.3) is 0 Å². The first-order valence-electron chi connectivity index (χ1n) is 11.0. The van der Waals surface area contributed by atoms with E-state index in [2.05, 4.69) is 0 Å². The first-order valence-corrected chi connectivity index (χ1v) is 11.0. The second kappa shape index (κ2) is 6.82. The highest BCUT2D eigenvalue weighted by molar-refractivity contribution is 6.01. The van der Waals surface area contributed by atoms with Gasteiger partial charge in [-0.2, -0.15) is 0 Å². The molecule has 0 spiro atoms. The Labute approximate surface area is 181 Å². The fourth-order valence-corrected chi connectivity index (χ4v) is 7.42. The lowest BCUT2D eigenvalue weighted by Crippen LogP contribution is -2.69. The highest BCUT2D eigenvalue weighted by atomic mass is 19.1. The Kier molecular flexibility index (Phi) is 4.91. The molecule has 8 atom stereocenters. The standard InChI is InChI=1S/C24H31FO6/c1-13-9-18-17-6-5-15-10-16(27)7-8-21(15,3)23(17,25)19(28)11-22(18,4)24(13,30)20(29)12-31-14(2)26/h7-8,10,13,17-19,28,30H,5-6,9,11-12H2,1-4H3/t13-,17+,18-,19-,21-,22-,23-,24-/m0/s1. The molecule has 2 N–H and O–H groups in total. The molecule has 0 amide bonds. The Bertz CT molecular complexity index is 910. The first kappa shape index (κ1) is 22.3. The fraction of sp³-hybridized carbons (Fsp3) is 0.708. The van der Waals surface area contributed by atoms with Gasteiger partial charge in [0.15, 0.2) is 18.1 Å². The van der Waals surface area contributed by atoms with Gasteiger partial charge in [-0.15, -0.1) is 0 Å². The quantitative estimate of drug-likeness (QED) is 0.662. The molecular weight excluding hydrogens is 403 g/mol. The summed E-state index contributed by atoms with van der Waals surface area (Å²) in [6.45, 7) is 5.89. The molecule has 0 bridgehead atoms. The number of aliphatic hydroxyl groups is 2. The van der Waals surface area contributed by atoms with Gasteiger partial charge in [0, 0.05) is 23.7 Å². The number of esters is 1. The number of rotatable bonds is 3. The second-order valence-electron chi connectivity index (χ2n) is 10.4. The number of alkyl halides is 1. The van der Waals surface area contributed by atoms with Crippen LogP contribution in [0.15, 0.2) is 23.8 Å². The van der Waals surface area contributed by atoms with Gasteiger partial charge in [-0.25, -0.2) is 4.39 Å². The van der Waals surface area contributed by atoms with Crippen LogP contribution in [0.4, 0.5) is 4.39 Å². The lowest BCUT2D eigenvalue weighted by atomic mass is 9.44. The minimum atomic E-state index is -2.01. The predicted molar refractivity (Wildman–Crippen MR) is 109 cm³/mol. The Morgan fingerprint density at radius 2 is 1.97 bits per heavy atom. The SMILES string of the molecule is CC(=O)OCC(=O)[C@@]1(O)[C@@H](C)C[C@H]2[C@H]3CCC4=CC(=O)C=C[C@]4(C)[C@@]3(F)[C@@H](O)C[C@@]21C. The van der Waals surface area contributed by atoms with Crippen molar-refractivity contribution in [1.82, 2.24) is 0 Å². The summed E-state index contributed by atoms with van der Waals surface area (Å²) in [5, 5.41) is 22.9. The van der Waals surface area contributed by atoms with Crippen molar-refractivity contribution in [2.24, 2.45) is 28.6 Å². The average molecular weight is 435 g/mol. The zero-order valence-corrected chi connectivity index (χ0v) is 18.5. The minimum Gasteiger partial charge on any atom is -0.458 e. The van der Waals surface area contributed by atoms with Crippen molar-refractivity contribution in [2.45, 2.75) is 70.8 Å². The molecule has 4 rings (SSSR count). The van der Waals surface area contributed by atoms with Crippen LogP contribution in [0.3, 0.4) is 0 Å². The van der Waals surface area contributed by atoms with Gasteiger partial charge in [0.1, 0.15) is 5.60 Å². The zero-order chi connectivity index (χ0) is 23.0.